The number of anilines is 2. The number of nitrogens with one attached hydrogen (secondary N) is 1. The maximum Gasteiger partial charge on any atom is 0.323 e. The van der Waals surface area contributed by atoms with Gasteiger partial charge >= 0.3 is 6.01 Å². The Balaban J connectivity index is 2.19. The molecule has 0 aliphatic heterocycles. The quantitative estimate of drug-likeness (QED) is 0.828. The third kappa shape index (κ3) is 3.59. The van der Waals surface area contributed by atoms with Crippen LogP contribution < -0.4 is 15.0 Å². The molecule has 0 atom stereocenters. The Hall–Kier alpha value is -2.31. The van der Waals surface area contributed by atoms with Gasteiger partial charge < -0.3 is 19.4 Å². The minimum absolute atomic E-state index is 0.326. The van der Waals surface area contributed by atoms with Crippen LogP contribution in [0.15, 0.2) is 23.0 Å². The lowest BCUT2D eigenvalue weighted by Gasteiger charge is -2.17. The third-order valence-electron chi connectivity index (χ3n) is 2.55. The van der Waals surface area contributed by atoms with Gasteiger partial charge in [0.25, 0.3) is 0 Å². The van der Waals surface area contributed by atoms with Crippen LogP contribution in [0.4, 0.5) is 11.9 Å². The van der Waals surface area contributed by atoms with Crippen LogP contribution in [-0.2, 0) is 6.54 Å². The zero-order valence-corrected chi connectivity index (χ0v) is 12.0. The fraction of sp³-hybridized carbons (Fsp3) is 0.462. The molecule has 0 aromatic carbocycles. The van der Waals surface area contributed by atoms with E-state index in [1.807, 2.05) is 31.9 Å². The monoisotopic (exact) mass is 277 g/mol. The molecule has 0 bridgehead atoms. The lowest BCUT2D eigenvalue weighted by atomic mass is 10.3. The standard InChI is InChI=1S/C13H19N5O2/c1-4-14-11-15-12(17-13(16-11)20-5-2)18(3)8-10-6-7-19-9-10/h6-7,9H,4-5,8H2,1-3H3,(H,14,15,16,17). The van der Waals surface area contributed by atoms with Crippen LogP contribution in [0.1, 0.15) is 19.4 Å². The first-order valence-electron chi connectivity index (χ1n) is 6.57. The van der Waals surface area contributed by atoms with Crippen molar-refractivity contribution in [3.63, 3.8) is 0 Å². The van der Waals surface area contributed by atoms with Crippen molar-refractivity contribution in [1.82, 2.24) is 15.0 Å². The number of ether oxygens (including phenoxy) is 1. The molecular weight excluding hydrogens is 258 g/mol. The van der Waals surface area contributed by atoms with Crippen LogP contribution in [0.5, 0.6) is 6.01 Å². The van der Waals surface area contributed by atoms with Crippen LogP contribution >= 0.6 is 0 Å². The molecular formula is C13H19N5O2. The van der Waals surface area contributed by atoms with E-state index in [1.54, 1.807) is 12.5 Å². The van der Waals surface area contributed by atoms with E-state index in [1.165, 1.54) is 0 Å². The second kappa shape index (κ2) is 6.74. The molecule has 0 aliphatic rings. The summed E-state index contributed by atoms with van der Waals surface area (Å²) in [4.78, 5) is 14.8. The van der Waals surface area contributed by atoms with Crippen LogP contribution in [0.3, 0.4) is 0 Å². The summed E-state index contributed by atoms with van der Waals surface area (Å²) in [5.74, 6) is 1.07. The van der Waals surface area contributed by atoms with E-state index in [2.05, 4.69) is 20.3 Å². The van der Waals surface area contributed by atoms with Crippen LogP contribution in [0.2, 0.25) is 0 Å². The first-order chi connectivity index (χ1) is 9.72. The van der Waals surface area contributed by atoms with E-state index in [9.17, 15) is 0 Å². The number of hydrogen-bond donors (Lipinski definition) is 1. The summed E-state index contributed by atoms with van der Waals surface area (Å²) in [5, 5.41) is 3.07. The predicted molar refractivity (Wildman–Crippen MR) is 76.0 cm³/mol. The van der Waals surface area contributed by atoms with E-state index < -0.39 is 0 Å². The van der Waals surface area contributed by atoms with Crippen molar-refractivity contribution in [3.05, 3.63) is 24.2 Å². The highest BCUT2D eigenvalue weighted by atomic mass is 16.5. The average Bonchev–Trinajstić information content (AvgIpc) is 2.92. The summed E-state index contributed by atoms with van der Waals surface area (Å²) in [5.41, 5.74) is 1.05. The molecule has 7 heteroatoms. The van der Waals surface area contributed by atoms with Gasteiger partial charge in [-0.3, -0.25) is 0 Å². The fourth-order valence-electron chi connectivity index (χ4n) is 1.67. The van der Waals surface area contributed by atoms with Crippen molar-refractivity contribution in [2.75, 3.05) is 30.4 Å². The van der Waals surface area contributed by atoms with E-state index in [0.29, 0.717) is 31.1 Å². The SMILES string of the molecule is CCNc1nc(OCC)nc(N(C)Cc2ccoc2)n1. The first kappa shape index (κ1) is 14.1. The van der Waals surface area contributed by atoms with E-state index in [4.69, 9.17) is 9.15 Å². The largest absolute Gasteiger partial charge is 0.472 e. The summed E-state index contributed by atoms with van der Waals surface area (Å²) in [6.07, 6.45) is 3.35. The second-order valence-corrected chi connectivity index (χ2v) is 4.19. The van der Waals surface area contributed by atoms with E-state index in [-0.39, 0.29) is 0 Å². The lowest BCUT2D eigenvalue weighted by Crippen LogP contribution is -2.20. The van der Waals surface area contributed by atoms with Gasteiger partial charge in [-0.2, -0.15) is 15.0 Å². The Kier molecular flexibility index (Phi) is 4.75. The number of nitrogens with zero attached hydrogens (tertiary/aromatic N) is 4. The minimum Gasteiger partial charge on any atom is -0.472 e. The Labute approximate surface area is 118 Å². The third-order valence-corrected chi connectivity index (χ3v) is 2.55. The molecule has 0 saturated heterocycles. The Morgan fingerprint density at radius 1 is 1.30 bits per heavy atom. The highest BCUT2D eigenvalue weighted by Crippen LogP contribution is 2.16. The molecule has 0 amide bonds. The summed E-state index contributed by atoms with van der Waals surface area (Å²) >= 11 is 0. The molecule has 0 unspecified atom stereocenters. The highest BCUT2D eigenvalue weighted by molar-refractivity contribution is 5.38. The van der Waals surface area contributed by atoms with Gasteiger partial charge in [0.1, 0.15) is 0 Å². The van der Waals surface area contributed by atoms with E-state index in [0.717, 1.165) is 12.1 Å². The van der Waals surface area contributed by atoms with Gasteiger partial charge in [-0.25, -0.2) is 0 Å². The number of furan rings is 1. The van der Waals surface area contributed by atoms with Gasteiger partial charge in [0.05, 0.1) is 19.1 Å². The minimum atomic E-state index is 0.326. The second-order valence-electron chi connectivity index (χ2n) is 4.19. The average molecular weight is 277 g/mol. The number of rotatable bonds is 7. The summed E-state index contributed by atoms with van der Waals surface area (Å²) < 4.78 is 10.4. The Morgan fingerprint density at radius 3 is 2.80 bits per heavy atom. The van der Waals surface area contributed by atoms with Crippen molar-refractivity contribution < 1.29 is 9.15 Å². The van der Waals surface area contributed by atoms with Crippen LogP contribution in [-0.4, -0.2) is 35.2 Å². The molecule has 0 fully saturated rings. The maximum atomic E-state index is 5.37. The molecule has 2 aromatic heterocycles. The highest BCUT2D eigenvalue weighted by Gasteiger charge is 2.11. The molecule has 7 nitrogen and oxygen atoms in total. The van der Waals surface area contributed by atoms with Crippen molar-refractivity contribution in [2.24, 2.45) is 0 Å². The molecule has 2 aromatic rings. The van der Waals surface area contributed by atoms with Crippen molar-refractivity contribution in [2.45, 2.75) is 20.4 Å². The lowest BCUT2D eigenvalue weighted by molar-refractivity contribution is 0.312. The van der Waals surface area contributed by atoms with Gasteiger partial charge in [0.2, 0.25) is 11.9 Å². The van der Waals surface area contributed by atoms with E-state index >= 15 is 0 Å². The molecule has 0 saturated carbocycles. The zero-order chi connectivity index (χ0) is 14.4. The Morgan fingerprint density at radius 2 is 2.15 bits per heavy atom. The number of aromatic nitrogens is 3. The van der Waals surface area contributed by atoms with Gasteiger partial charge in [-0.1, -0.05) is 0 Å². The van der Waals surface area contributed by atoms with Gasteiger partial charge in [-0.15, -0.1) is 0 Å². The molecule has 2 rings (SSSR count). The van der Waals surface area contributed by atoms with Gasteiger partial charge in [-0.05, 0) is 19.9 Å². The van der Waals surface area contributed by atoms with Gasteiger partial charge in [0.15, 0.2) is 0 Å². The van der Waals surface area contributed by atoms with Crippen molar-refractivity contribution in [3.8, 4) is 6.01 Å². The molecule has 0 spiro atoms. The summed E-state index contributed by atoms with van der Waals surface area (Å²) in [6, 6.07) is 2.24. The Bertz CT molecular complexity index is 505. The number of hydrogen-bond acceptors (Lipinski definition) is 7. The summed E-state index contributed by atoms with van der Waals surface area (Å²) in [7, 11) is 1.91. The predicted octanol–water partition coefficient (Wildman–Crippen LogP) is 1.93. The van der Waals surface area contributed by atoms with Gasteiger partial charge in [0, 0.05) is 25.7 Å². The maximum absolute atomic E-state index is 5.37. The molecule has 108 valence electrons. The fourth-order valence-corrected chi connectivity index (χ4v) is 1.67. The topological polar surface area (TPSA) is 76.3 Å². The first-order valence-corrected chi connectivity index (χ1v) is 6.57. The zero-order valence-electron chi connectivity index (χ0n) is 12.0. The van der Waals surface area contributed by atoms with Crippen molar-refractivity contribution in [1.29, 1.82) is 0 Å². The van der Waals surface area contributed by atoms with Crippen LogP contribution in [0, 0.1) is 0 Å². The van der Waals surface area contributed by atoms with Crippen LogP contribution in [0.25, 0.3) is 0 Å². The molecule has 20 heavy (non-hydrogen) atoms. The van der Waals surface area contributed by atoms with Crippen molar-refractivity contribution >= 4 is 11.9 Å². The molecule has 1 N–H and O–H groups in total. The molecule has 0 aliphatic carbocycles. The molecule has 0 radical (unpaired) electrons. The smallest absolute Gasteiger partial charge is 0.323 e. The molecule has 2 heterocycles. The normalized spacial score (nSPS) is 10.3. The summed E-state index contributed by atoms with van der Waals surface area (Å²) in [6.45, 7) is 5.78.